The van der Waals surface area contributed by atoms with E-state index in [1.165, 1.54) is 13.8 Å². The van der Waals surface area contributed by atoms with Gasteiger partial charge < -0.3 is 24.8 Å². The van der Waals surface area contributed by atoms with Crippen molar-refractivity contribution in [1.82, 2.24) is 4.98 Å². The highest BCUT2D eigenvalue weighted by atomic mass is 32.1. The largest absolute Gasteiger partial charge is 0.458 e. The van der Waals surface area contributed by atoms with Crippen molar-refractivity contribution in [1.29, 1.82) is 0 Å². The average molecular weight is 524 g/mol. The Labute approximate surface area is 217 Å². The third kappa shape index (κ3) is 6.61. The minimum atomic E-state index is -1.36. The van der Waals surface area contributed by atoms with E-state index in [4.69, 9.17) is 9.47 Å². The van der Waals surface area contributed by atoms with Gasteiger partial charge >= 0.3 is 5.97 Å². The molecular formula is C27H41NO7S. The first-order chi connectivity index (χ1) is 16.8. The van der Waals surface area contributed by atoms with Crippen LogP contribution >= 0.6 is 11.3 Å². The number of Topliss-reactive ketones (excluding diaryl/α,β-unsaturated/α-hetero) is 1. The summed E-state index contributed by atoms with van der Waals surface area (Å²) in [5.74, 6) is -2.37. The van der Waals surface area contributed by atoms with Crippen LogP contribution in [0.15, 0.2) is 11.0 Å². The Hall–Kier alpha value is -1.65. The number of aliphatic hydroxyl groups excluding tert-OH is 3. The number of carbonyl (C=O) groups excluding carboxylic acids is 2. The standard InChI is InChI=1S/C27H41NO7S/c1-15-8-7-9-27(6)22(35-27)11-20(16(2)10-18-14-36-17(3)28-18)34-23(31)12-21(30)26(4,5)25(33)19(13-29)24(15)32/h10,14-15,19-22,24,29-30,32H,7-9,11-13H2,1-6H3/b16-10+. The molecule has 2 aliphatic heterocycles. The van der Waals surface area contributed by atoms with E-state index in [0.717, 1.165) is 29.1 Å². The van der Waals surface area contributed by atoms with Crippen LogP contribution in [0.2, 0.25) is 0 Å². The number of ether oxygens (including phenoxy) is 2. The Morgan fingerprint density at radius 2 is 1.97 bits per heavy atom. The van der Waals surface area contributed by atoms with Gasteiger partial charge in [0.25, 0.3) is 0 Å². The van der Waals surface area contributed by atoms with E-state index < -0.39 is 48.0 Å². The van der Waals surface area contributed by atoms with Crippen molar-refractivity contribution in [3.8, 4) is 0 Å². The van der Waals surface area contributed by atoms with E-state index in [0.29, 0.717) is 12.8 Å². The third-order valence-corrected chi connectivity index (χ3v) is 8.74. The summed E-state index contributed by atoms with van der Waals surface area (Å²) in [7, 11) is 0. The van der Waals surface area contributed by atoms with Crippen molar-refractivity contribution < 1.29 is 34.4 Å². The first-order valence-electron chi connectivity index (χ1n) is 12.8. The van der Waals surface area contributed by atoms with Gasteiger partial charge in [-0.3, -0.25) is 9.59 Å². The van der Waals surface area contributed by atoms with E-state index >= 15 is 0 Å². The number of hydrogen-bond acceptors (Lipinski definition) is 9. The van der Waals surface area contributed by atoms with Crippen LogP contribution in [-0.2, 0) is 19.1 Å². The van der Waals surface area contributed by atoms with Gasteiger partial charge in [0.1, 0.15) is 11.9 Å². The Morgan fingerprint density at radius 1 is 1.28 bits per heavy atom. The van der Waals surface area contributed by atoms with Gasteiger partial charge in [-0.25, -0.2) is 4.98 Å². The van der Waals surface area contributed by atoms with Gasteiger partial charge in [0.15, 0.2) is 0 Å². The molecule has 7 atom stereocenters. The molecule has 3 heterocycles. The zero-order valence-corrected chi connectivity index (χ0v) is 23.0. The van der Waals surface area contributed by atoms with Crippen molar-refractivity contribution in [3.05, 3.63) is 21.7 Å². The summed E-state index contributed by atoms with van der Waals surface area (Å²) in [6.45, 7) is 10.3. The van der Waals surface area contributed by atoms with Gasteiger partial charge in [0.05, 0.1) is 59.0 Å². The van der Waals surface area contributed by atoms with Crippen molar-refractivity contribution in [3.63, 3.8) is 0 Å². The molecule has 1 aromatic heterocycles. The molecule has 0 bridgehead atoms. The summed E-state index contributed by atoms with van der Waals surface area (Å²) < 4.78 is 11.9. The number of aryl methyl sites for hydroxylation is 1. The molecule has 3 rings (SSSR count). The molecule has 2 fully saturated rings. The number of aromatic nitrogens is 1. The number of epoxide rings is 1. The fraction of sp³-hybridized carbons (Fsp3) is 0.741. The van der Waals surface area contributed by atoms with Crippen molar-refractivity contribution >= 4 is 29.2 Å². The number of hydrogen-bond donors (Lipinski definition) is 3. The van der Waals surface area contributed by atoms with Crippen LogP contribution in [0.1, 0.15) is 77.4 Å². The van der Waals surface area contributed by atoms with Gasteiger partial charge in [-0.1, -0.05) is 27.2 Å². The molecule has 2 aliphatic rings. The van der Waals surface area contributed by atoms with E-state index in [9.17, 15) is 24.9 Å². The summed E-state index contributed by atoms with van der Waals surface area (Å²) in [6.07, 6.45) is 1.18. The van der Waals surface area contributed by atoms with Crippen molar-refractivity contribution in [2.45, 2.75) is 104 Å². The zero-order valence-electron chi connectivity index (χ0n) is 22.2. The number of rotatable bonds is 3. The van der Waals surface area contributed by atoms with E-state index in [-0.39, 0.29) is 24.0 Å². The van der Waals surface area contributed by atoms with Crippen LogP contribution in [0, 0.1) is 24.2 Å². The third-order valence-electron chi connectivity index (χ3n) is 7.95. The number of cyclic esters (lactones) is 1. The van der Waals surface area contributed by atoms with Crippen molar-refractivity contribution in [2.24, 2.45) is 17.3 Å². The lowest BCUT2D eigenvalue weighted by molar-refractivity contribution is -0.155. The molecule has 0 aromatic carbocycles. The number of nitrogens with zero attached hydrogens (tertiary/aromatic N) is 1. The summed E-state index contributed by atoms with van der Waals surface area (Å²) >= 11 is 1.54. The second kappa shape index (κ2) is 11.4. The minimum Gasteiger partial charge on any atom is -0.458 e. The van der Waals surface area contributed by atoms with Crippen LogP contribution in [-0.4, -0.2) is 68.7 Å². The molecule has 8 nitrogen and oxygen atoms in total. The lowest BCUT2D eigenvalue weighted by Gasteiger charge is -2.35. The highest BCUT2D eigenvalue weighted by Gasteiger charge is 2.53. The highest BCUT2D eigenvalue weighted by molar-refractivity contribution is 7.09. The van der Waals surface area contributed by atoms with Gasteiger partial charge in [-0.05, 0) is 51.2 Å². The summed E-state index contributed by atoms with van der Waals surface area (Å²) in [5, 5.41) is 34.6. The average Bonchev–Trinajstić information content (AvgIpc) is 3.24. The SMILES string of the molecule is C/C(=C\c1csc(C)n1)C1CC2OC2(C)CCCC(C)C(O)C(CO)C(=O)C(C)(C)C(O)CC(=O)O1. The first-order valence-corrected chi connectivity index (χ1v) is 13.7. The Morgan fingerprint density at radius 3 is 2.58 bits per heavy atom. The van der Waals surface area contributed by atoms with Gasteiger partial charge in [0, 0.05) is 11.8 Å². The topological polar surface area (TPSA) is 129 Å². The fourth-order valence-electron chi connectivity index (χ4n) is 5.05. The molecule has 36 heavy (non-hydrogen) atoms. The second-order valence-electron chi connectivity index (χ2n) is 11.3. The molecule has 9 heteroatoms. The van der Waals surface area contributed by atoms with Gasteiger partial charge in [-0.15, -0.1) is 11.3 Å². The van der Waals surface area contributed by atoms with Gasteiger partial charge in [0.2, 0.25) is 0 Å². The molecule has 0 amide bonds. The Kier molecular flexibility index (Phi) is 9.15. The predicted molar refractivity (Wildman–Crippen MR) is 137 cm³/mol. The lowest BCUT2D eigenvalue weighted by Crippen LogP contribution is -2.48. The monoisotopic (exact) mass is 523 g/mol. The number of fused-ring (bicyclic) bond motifs is 1. The quantitative estimate of drug-likeness (QED) is 0.406. The fourth-order valence-corrected chi connectivity index (χ4v) is 5.62. The normalized spacial score (nSPS) is 36.8. The molecule has 2 saturated heterocycles. The predicted octanol–water partition coefficient (Wildman–Crippen LogP) is 3.45. The zero-order chi connectivity index (χ0) is 26.8. The maximum Gasteiger partial charge on any atom is 0.309 e. The van der Waals surface area contributed by atoms with Crippen molar-refractivity contribution in [2.75, 3.05) is 6.61 Å². The number of thiazole rings is 1. The Balaban J connectivity index is 1.87. The highest BCUT2D eigenvalue weighted by Crippen LogP contribution is 2.45. The summed E-state index contributed by atoms with van der Waals surface area (Å²) in [6, 6.07) is 0. The van der Waals surface area contributed by atoms with Crippen LogP contribution in [0.3, 0.4) is 0 Å². The molecule has 1 aromatic rings. The number of carbonyl (C=O) groups is 2. The molecule has 0 aliphatic carbocycles. The van der Waals surface area contributed by atoms with E-state index in [1.54, 1.807) is 11.3 Å². The molecule has 0 saturated carbocycles. The van der Waals surface area contributed by atoms with Crippen LogP contribution in [0.4, 0.5) is 0 Å². The van der Waals surface area contributed by atoms with Crippen LogP contribution in [0.25, 0.3) is 6.08 Å². The molecule has 0 radical (unpaired) electrons. The minimum absolute atomic E-state index is 0.0860. The van der Waals surface area contributed by atoms with E-state index in [1.807, 2.05) is 39.2 Å². The Bertz CT molecular complexity index is 973. The maximum absolute atomic E-state index is 13.3. The second-order valence-corrected chi connectivity index (χ2v) is 12.3. The summed E-state index contributed by atoms with van der Waals surface area (Å²) in [5.41, 5.74) is -0.0834. The first kappa shape index (κ1) is 28.9. The smallest absolute Gasteiger partial charge is 0.309 e. The molecule has 3 N–H and O–H groups in total. The van der Waals surface area contributed by atoms with E-state index in [2.05, 4.69) is 4.98 Å². The molecular weight excluding hydrogens is 482 g/mol. The maximum atomic E-state index is 13.3. The van der Waals surface area contributed by atoms with Crippen LogP contribution < -0.4 is 0 Å². The number of esters is 1. The number of aliphatic hydroxyl groups is 3. The molecule has 7 unspecified atom stereocenters. The molecule has 0 spiro atoms. The molecule has 202 valence electrons. The van der Waals surface area contributed by atoms with Gasteiger partial charge in [-0.2, -0.15) is 0 Å². The number of ketones is 1. The summed E-state index contributed by atoms with van der Waals surface area (Å²) in [4.78, 5) is 30.7. The lowest BCUT2D eigenvalue weighted by atomic mass is 9.72. The van der Waals surface area contributed by atoms with Crippen LogP contribution in [0.5, 0.6) is 0 Å².